The minimum atomic E-state index is -0.645. The second kappa shape index (κ2) is 6.17. The smallest absolute Gasteiger partial charge is 0.287 e. The summed E-state index contributed by atoms with van der Waals surface area (Å²) >= 11 is 1.54. The Morgan fingerprint density at radius 3 is 2.74 bits per heavy atom. The molecule has 0 aliphatic heterocycles. The number of hydrogen-bond acceptors (Lipinski definition) is 5. The Hall–Kier alpha value is -2.12. The minimum Gasteiger partial charge on any atom is -0.458 e. The Morgan fingerprint density at radius 1 is 1.48 bits per heavy atom. The highest BCUT2D eigenvalue weighted by Crippen LogP contribution is 2.50. The molecule has 0 radical (unpaired) electrons. The van der Waals surface area contributed by atoms with Crippen molar-refractivity contribution in [1.82, 2.24) is 5.32 Å². The normalized spacial score (nSPS) is 17.3. The molecule has 1 saturated carbocycles. The molecule has 3 rings (SSSR count). The fourth-order valence-electron chi connectivity index (χ4n) is 2.94. The van der Waals surface area contributed by atoms with Crippen LogP contribution in [-0.4, -0.2) is 23.5 Å². The van der Waals surface area contributed by atoms with Gasteiger partial charge >= 0.3 is 0 Å². The fraction of sp³-hybridized carbons (Fsp3) is 0.375. The van der Waals surface area contributed by atoms with Gasteiger partial charge in [-0.05, 0) is 24.3 Å². The Morgan fingerprint density at radius 2 is 2.26 bits per heavy atom. The van der Waals surface area contributed by atoms with Crippen molar-refractivity contribution in [2.45, 2.75) is 25.3 Å². The molecule has 23 heavy (non-hydrogen) atoms. The van der Waals surface area contributed by atoms with Gasteiger partial charge in [0, 0.05) is 16.4 Å². The van der Waals surface area contributed by atoms with Gasteiger partial charge in [0.05, 0.1) is 18.2 Å². The van der Waals surface area contributed by atoms with Gasteiger partial charge in [-0.25, -0.2) is 0 Å². The Bertz CT molecular complexity index is 698. The largest absolute Gasteiger partial charge is 0.458 e. The van der Waals surface area contributed by atoms with Crippen molar-refractivity contribution in [1.29, 1.82) is 0 Å². The van der Waals surface area contributed by atoms with E-state index >= 15 is 0 Å². The van der Waals surface area contributed by atoms with Crippen molar-refractivity contribution in [3.63, 3.8) is 0 Å². The van der Waals surface area contributed by atoms with Gasteiger partial charge in [0.1, 0.15) is 6.26 Å². The number of aliphatic hydroxyl groups excluding tert-OH is 1. The molecule has 2 heterocycles. The van der Waals surface area contributed by atoms with E-state index in [1.54, 1.807) is 0 Å². The Balaban J connectivity index is 1.83. The zero-order valence-electron chi connectivity index (χ0n) is 12.5. The lowest BCUT2D eigenvalue weighted by Gasteiger charge is -2.46. The molecule has 2 aromatic rings. The van der Waals surface area contributed by atoms with Gasteiger partial charge < -0.3 is 20.6 Å². The zero-order chi connectivity index (χ0) is 16.4. The molecule has 1 unspecified atom stereocenters. The predicted octanol–water partition coefficient (Wildman–Crippen LogP) is 2.07. The van der Waals surface area contributed by atoms with Crippen molar-refractivity contribution in [3.05, 3.63) is 46.0 Å². The number of rotatable bonds is 6. The number of hydrogen-bond donors (Lipinski definition) is 3. The van der Waals surface area contributed by atoms with E-state index in [1.807, 2.05) is 17.5 Å². The number of nitrogens with two attached hydrogens (primary N) is 1. The second-order valence-electron chi connectivity index (χ2n) is 5.86. The molecular formula is C16H18N2O4S. The molecule has 122 valence electrons. The number of carbonyl (C=O) groups excluding carboxylic acids is 2. The number of primary amides is 1. The average molecular weight is 334 g/mol. The van der Waals surface area contributed by atoms with E-state index in [2.05, 4.69) is 5.32 Å². The number of aliphatic hydroxyl groups is 1. The van der Waals surface area contributed by atoms with Crippen LogP contribution < -0.4 is 11.1 Å². The molecule has 1 aliphatic carbocycles. The lowest BCUT2D eigenvalue weighted by molar-refractivity contribution is 0.00671. The monoisotopic (exact) mass is 334 g/mol. The third kappa shape index (κ3) is 2.89. The molecule has 4 N–H and O–H groups in total. The summed E-state index contributed by atoms with van der Waals surface area (Å²) in [5, 5.41) is 14.7. The van der Waals surface area contributed by atoms with Crippen LogP contribution in [0, 0.1) is 5.41 Å². The van der Waals surface area contributed by atoms with Crippen LogP contribution in [0.3, 0.4) is 0 Å². The molecule has 0 bridgehead atoms. The molecule has 1 fully saturated rings. The van der Waals surface area contributed by atoms with Crippen molar-refractivity contribution >= 4 is 23.2 Å². The summed E-state index contributed by atoms with van der Waals surface area (Å²) in [5.74, 6) is -1.03. The summed E-state index contributed by atoms with van der Waals surface area (Å²) in [6.07, 6.45) is 3.92. The van der Waals surface area contributed by atoms with E-state index in [4.69, 9.17) is 10.2 Å². The lowest BCUT2D eigenvalue weighted by Crippen LogP contribution is -2.47. The topological polar surface area (TPSA) is 106 Å². The highest BCUT2D eigenvalue weighted by Gasteiger charge is 2.45. The number of thiophene rings is 1. The third-order valence-electron chi connectivity index (χ3n) is 4.49. The van der Waals surface area contributed by atoms with Crippen molar-refractivity contribution in [2.24, 2.45) is 11.1 Å². The molecule has 1 atom stereocenters. The molecular weight excluding hydrogens is 316 g/mol. The lowest BCUT2D eigenvalue weighted by atomic mass is 9.64. The van der Waals surface area contributed by atoms with Gasteiger partial charge in [-0.2, -0.15) is 0 Å². The molecule has 1 aliphatic rings. The van der Waals surface area contributed by atoms with Crippen LogP contribution in [0.1, 0.15) is 51.1 Å². The van der Waals surface area contributed by atoms with E-state index in [-0.39, 0.29) is 29.4 Å². The van der Waals surface area contributed by atoms with E-state index < -0.39 is 11.8 Å². The van der Waals surface area contributed by atoms with Crippen molar-refractivity contribution in [3.8, 4) is 0 Å². The summed E-state index contributed by atoms with van der Waals surface area (Å²) in [6, 6.07) is 4.91. The predicted molar refractivity (Wildman–Crippen MR) is 85.1 cm³/mol. The molecule has 0 spiro atoms. The van der Waals surface area contributed by atoms with Crippen LogP contribution in [0.2, 0.25) is 0 Å². The van der Waals surface area contributed by atoms with Gasteiger partial charge in [0.15, 0.2) is 5.76 Å². The first-order chi connectivity index (χ1) is 11.1. The first kappa shape index (κ1) is 15.8. The number of nitrogens with one attached hydrogen (secondary N) is 1. The molecule has 2 aromatic heterocycles. The number of amides is 2. The quantitative estimate of drug-likeness (QED) is 0.752. The zero-order valence-corrected chi connectivity index (χ0v) is 13.3. The van der Waals surface area contributed by atoms with Gasteiger partial charge in [-0.15, -0.1) is 11.3 Å². The second-order valence-corrected chi connectivity index (χ2v) is 6.84. The van der Waals surface area contributed by atoms with Gasteiger partial charge in [-0.3, -0.25) is 9.59 Å². The first-order valence-electron chi connectivity index (χ1n) is 7.39. The van der Waals surface area contributed by atoms with Crippen molar-refractivity contribution < 1.29 is 19.1 Å². The Kier molecular flexibility index (Phi) is 4.23. The molecule has 6 nitrogen and oxygen atoms in total. The number of furan rings is 1. The first-order valence-corrected chi connectivity index (χ1v) is 8.27. The standard InChI is InChI=1S/C16H18N2O4S/c17-14(20)10-7-11(22-8-10)15(21)18-13(12-3-1-6-23-12)16(9-19)4-2-5-16/h1,3,6-8,13,19H,2,4-5,9H2,(H2,17,20)(H,18,21). The average Bonchev–Trinajstić information content (AvgIpc) is 3.17. The van der Waals surface area contributed by atoms with Crippen LogP contribution in [0.25, 0.3) is 0 Å². The van der Waals surface area contributed by atoms with E-state index in [9.17, 15) is 14.7 Å². The fourth-order valence-corrected chi connectivity index (χ4v) is 3.85. The SMILES string of the molecule is NC(=O)c1coc(C(=O)NC(c2cccs2)C2(CO)CCC2)c1. The van der Waals surface area contributed by atoms with Crippen LogP contribution in [0.4, 0.5) is 0 Å². The third-order valence-corrected chi connectivity index (χ3v) is 5.42. The van der Waals surface area contributed by atoms with Crippen LogP contribution in [0.15, 0.2) is 34.3 Å². The summed E-state index contributed by atoms with van der Waals surface area (Å²) < 4.78 is 5.13. The number of carbonyl (C=O) groups is 2. The Labute approximate surface area is 137 Å². The van der Waals surface area contributed by atoms with Gasteiger partial charge in [-0.1, -0.05) is 12.5 Å². The van der Waals surface area contributed by atoms with E-state index in [0.29, 0.717) is 0 Å². The van der Waals surface area contributed by atoms with Crippen LogP contribution in [-0.2, 0) is 0 Å². The minimum absolute atomic E-state index is 0.0144. The van der Waals surface area contributed by atoms with Gasteiger partial charge in [0.2, 0.25) is 0 Å². The molecule has 0 saturated heterocycles. The van der Waals surface area contributed by atoms with E-state index in [1.165, 1.54) is 23.7 Å². The van der Waals surface area contributed by atoms with Gasteiger partial charge in [0.25, 0.3) is 11.8 Å². The van der Waals surface area contributed by atoms with Crippen LogP contribution in [0.5, 0.6) is 0 Å². The summed E-state index contributed by atoms with van der Waals surface area (Å²) in [5.41, 5.74) is 4.99. The van der Waals surface area contributed by atoms with Crippen LogP contribution >= 0.6 is 11.3 Å². The van der Waals surface area contributed by atoms with Crippen molar-refractivity contribution in [2.75, 3.05) is 6.61 Å². The highest BCUT2D eigenvalue weighted by atomic mass is 32.1. The maximum Gasteiger partial charge on any atom is 0.287 e. The summed E-state index contributed by atoms with van der Waals surface area (Å²) in [7, 11) is 0. The summed E-state index contributed by atoms with van der Waals surface area (Å²) in [4.78, 5) is 24.6. The maximum absolute atomic E-state index is 12.5. The summed E-state index contributed by atoms with van der Waals surface area (Å²) in [6.45, 7) is 0.0144. The van der Waals surface area contributed by atoms with E-state index in [0.717, 1.165) is 24.1 Å². The highest BCUT2D eigenvalue weighted by molar-refractivity contribution is 7.10. The molecule has 0 aromatic carbocycles. The molecule has 7 heteroatoms. The maximum atomic E-state index is 12.5. The molecule has 2 amide bonds.